The fourth-order valence-corrected chi connectivity index (χ4v) is 8.04. The molecule has 35 heavy (non-hydrogen) atoms. The van der Waals surface area contributed by atoms with Crippen molar-refractivity contribution in [2.75, 3.05) is 23.0 Å². The lowest BCUT2D eigenvalue weighted by Crippen LogP contribution is -2.37. The minimum absolute atomic E-state index is 0.0324. The van der Waals surface area contributed by atoms with E-state index in [1.54, 1.807) is 12.1 Å². The molecule has 180 valence electrons. The zero-order valence-electron chi connectivity index (χ0n) is 18.8. The molecule has 0 saturated carbocycles. The van der Waals surface area contributed by atoms with Crippen LogP contribution in [0.15, 0.2) is 89.9 Å². The van der Waals surface area contributed by atoms with Crippen molar-refractivity contribution in [3.63, 3.8) is 0 Å². The number of para-hydroxylation sites is 1. The van der Waals surface area contributed by atoms with E-state index in [-0.39, 0.29) is 29.4 Å². The zero-order chi connectivity index (χ0) is 24.3. The third-order valence-electron chi connectivity index (χ3n) is 5.76. The van der Waals surface area contributed by atoms with Gasteiger partial charge in [-0.3, -0.25) is 4.79 Å². The Bertz CT molecular complexity index is 1310. The van der Waals surface area contributed by atoms with E-state index in [0.29, 0.717) is 23.3 Å². The highest BCUT2D eigenvalue weighted by Crippen LogP contribution is 2.41. The van der Waals surface area contributed by atoms with Gasteiger partial charge in [0.1, 0.15) is 18.1 Å². The molecule has 2 heterocycles. The highest BCUT2D eigenvalue weighted by molar-refractivity contribution is 8.16. The van der Waals surface area contributed by atoms with E-state index in [2.05, 4.69) is 4.99 Å². The lowest BCUT2D eigenvalue weighted by Gasteiger charge is -2.24. The first-order valence-electron chi connectivity index (χ1n) is 11.2. The summed E-state index contributed by atoms with van der Waals surface area (Å²) in [4.78, 5) is 18.7. The Kier molecular flexibility index (Phi) is 6.79. The van der Waals surface area contributed by atoms with Gasteiger partial charge in [-0.2, -0.15) is 4.99 Å². The van der Waals surface area contributed by atoms with Crippen molar-refractivity contribution in [1.82, 2.24) is 0 Å². The quantitative estimate of drug-likeness (QED) is 0.478. The van der Waals surface area contributed by atoms with Crippen molar-refractivity contribution in [1.29, 1.82) is 0 Å². The Morgan fingerprint density at radius 3 is 2.26 bits per heavy atom. The monoisotopic (exact) mass is 508 g/mol. The molecule has 9 heteroatoms. The summed E-state index contributed by atoms with van der Waals surface area (Å²) in [5, 5.41) is 0.324. The van der Waals surface area contributed by atoms with Crippen LogP contribution in [0.4, 0.5) is 5.69 Å². The second-order valence-electron chi connectivity index (χ2n) is 8.33. The number of thioether (sulfide) groups is 1. The number of benzene rings is 3. The largest absolute Gasteiger partial charge is 0.489 e. The number of nitrogens with zero attached hydrogens (tertiary/aromatic N) is 2. The molecule has 2 aliphatic heterocycles. The summed E-state index contributed by atoms with van der Waals surface area (Å²) in [7, 11) is -3.14. The molecule has 2 atom stereocenters. The molecule has 3 aromatic rings. The topological polar surface area (TPSA) is 85.3 Å². The summed E-state index contributed by atoms with van der Waals surface area (Å²) >= 11 is 1.34. The second-order valence-corrected chi connectivity index (χ2v) is 11.7. The summed E-state index contributed by atoms with van der Waals surface area (Å²) in [6.07, 6.45) is 0. The van der Waals surface area contributed by atoms with Crippen molar-refractivity contribution in [3.05, 3.63) is 90.5 Å². The number of aliphatic imine (C=N–C) groups is 1. The number of carbonyl (C=O) groups is 1. The van der Waals surface area contributed by atoms with Crippen LogP contribution in [0.2, 0.25) is 0 Å². The molecule has 0 N–H and O–H groups in total. The van der Waals surface area contributed by atoms with Gasteiger partial charge in [0.05, 0.1) is 17.5 Å². The first-order chi connectivity index (χ1) is 17.0. The van der Waals surface area contributed by atoms with E-state index in [0.717, 1.165) is 11.3 Å². The van der Waals surface area contributed by atoms with Gasteiger partial charge in [-0.1, -0.05) is 60.3 Å². The average molecular weight is 509 g/mol. The van der Waals surface area contributed by atoms with Crippen molar-refractivity contribution in [2.45, 2.75) is 17.9 Å². The molecule has 5 rings (SSSR count). The first-order valence-corrected chi connectivity index (χ1v) is 13.9. The lowest BCUT2D eigenvalue weighted by atomic mass is 10.2. The highest BCUT2D eigenvalue weighted by Gasteiger charge is 2.49. The van der Waals surface area contributed by atoms with E-state index >= 15 is 0 Å². The summed E-state index contributed by atoms with van der Waals surface area (Å²) in [6, 6.07) is 26.1. The SMILES string of the molecule is O=C(COc1ccccc1)N=C1S[C@H]2CS(=O)(=O)C[C@@H]2N1c1ccc(OCc2ccccc2)cc1. The Hall–Kier alpha value is -3.30. The number of anilines is 1. The maximum absolute atomic E-state index is 12.6. The molecule has 7 nitrogen and oxygen atoms in total. The number of sulfone groups is 1. The lowest BCUT2D eigenvalue weighted by molar-refractivity contribution is -0.119. The molecular formula is C26H24N2O5S2. The number of amidine groups is 1. The van der Waals surface area contributed by atoms with E-state index in [9.17, 15) is 13.2 Å². The summed E-state index contributed by atoms with van der Waals surface area (Å²) in [6.45, 7) is 0.257. The molecule has 0 aromatic heterocycles. The van der Waals surface area contributed by atoms with Crippen molar-refractivity contribution < 1.29 is 22.7 Å². The molecule has 0 bridgehead atoms. The fourth-order valence-electron chi connectivity index (χ4n) is 4.11. The van der Waals surface area contributed by atoms with E-state index in [1.807, 2.05) is 77.7 Å². The van der Waals surface area contributed by atoms with Crippen molar-refractivity contribution in [3.8, 4) is 11.5 Å². The molecule has 2 aliphatic rings. The third-order valence-corrected chi connectivity index (χ3v) is 8.97. The molecule has 3 aromatic carbocycles. The molecule has 0 unspecified atom stereocenters. The van der Waals surface area contributed by atoms with Gasteiger partial charge in [0, 0.05) is 10.9 Å². The van der Waals surface area contributed by atoms with E-state index < -0.39 is 15.7 Å². The number of ether oxygens (including phenoxy) is 2. The molecule has 0 aliphatic carbocycles. The average Bonchev–Trinajstić information content (AvgIpc) is 3.33. The summed E-state index contributed by atoms with van der Waals surface area (Å²) < 4.78 is 36.0. The van der Waals surface area contributed by atoms with E-state index in [4.69, 9.17) is 9.47 Å². The van der Waals surface area contributed by atoms with Gasteiger partial charge >= 0.3 is 0 Å². The Morgan fingerprint density at radius 2 is 1.54 bits per heavy atom. The summed E-state index contributed by atoms with van der Waals surface area (Å²) in [5.41, 5.74) is 1.84. The van der Waals surface area contributed by atoms with Crippen molar-refractivity contribution in [2.24, 2.45) is 4.99 Å². The Balaban J connectivity index is 1.32. The summed E-state index contributed by atoms with van der Waals surface area (Å²) in [5.74, 6) is 0.971. The Labute approximate surface area is 208 Å². The minimum atomic E-state index is -3.14. The van der Waals surface area contributed by atoms with Gasteiger partial charge in [-0.15, -0.1) is 0 Å². The van der Waals surface area contributed by atoms with E-state index in [1.165, 1.54) is 11.8 Å². The number of fused-ring (bicyclic) bond motifs is 1. The number of hydrogen-bond acceptors (Lipinski definition) is 6. The van der Waals surface area contributed by atoms with Crippen LogP contribution < -0.4 is 14.4 Å². The van der Waals surface area contributed by atoms with Crippen LogP contribution >= 0.6 is 11.8 Å². The number of amides is 1. The third kappa shape index (κ3) is 5.68. The van der Waals surface area contributed by atoms with Crippen LogP contribution in [0.3, 0.4) is 0 Å². The first kappa shape index (κ1) is 23.4. The smallest absolute Gasteiger partial charge is 0.285 e. The molecule has 0 radical (unpaired) electrons. The van der Waals surface area contributed by atoms with Crippen LogP contribution in [0.5, 0.6) is 11.5 Å². The van der Waals surface area contributed by atoms with Gasteiger partial charge in [-0.25, -0.2) is 8.42 Å². The van der Waals surface area contributed by atoms with Gasteiger partial charge in [0.15, 0.2) is 21.6 Å². The number of rotatable bonds is 7. The molecule has 2 saturated heterocycles. The van der Waals surface area contributed by atoms with Crippen LogP contribution in [0.1, 0.15) is 5.56 Å². The van der Waals surface area contributed by atoms with Gasteiger partial charge in [0.2, 0.25) is 0 Å². The molecular weight excluding hydrogens is 484 g/mol. The normalized spacial score (nSPS) is 21.6. The highest BCUT2D eigenvalue weighted by atomic mass is 32.2. The Morgan fingerprint density at radius 1 is 0.886 bits per heavy atom. The molecule has 1 amide bonds. The van der Waals surface area contributed by atoms with Crippen LogP contribution in [-0.2, 0) is 21.2 Å². The predicted molar refractivity (Wildman–Crippen MR) is 138 cm³/mol. The van der Waals surface area contributed by atoms with Gasteiger partial charge in [0.25, 0.3) is 5.91 Å². The maximum atomic E-state index is 12.6. The number of hydrogen-bond donors (Lipinski definition) is 0. The van der Waals surface area contributed by atoms with Gasteiger partial charge in [-0.05, 0) is 42.0 Å². The second kappa shape index (κ2) is 10.1. The fraction of sp³-hybridized carbons (Fsp3) is 0.231. The van der Waals surface area contributed by atoms with Crippen LogP contribution in [0.25, 0.3) is 0 Å². The van der Waals surface area contributed by atoms with Crippen molar-refractivity contribution >= 4 is 38.4 Å². The zero-order valence-corrected chi connectivity index (χ0v) is 20.5. The standard InChI is InChI=1S/C26H24N2O5S2/c29-25(16-33-21-9-5-2-6-10-21)27-26-28(23-17-35(30,31)18-24(23)34-26)20-11-13-22(14-12-20)32-15-19-7-3-1-4-8-19/h1-14,23-24H,15-18H2/t23-,24-/m0/s1. The van der Waals surface area contributed by atoms with Crippen LogP contribution in [-0.4, -0.2) is 48.9 Å². The molecule has 0 spiro atoms. The van der Waals surface area contributed by atoms with Crippen LogP contribution in [0, 0.1) is 0 Å². The molecule has 2 fully saturated rings. The maximum Gasteiger partial charge on any atom is 0.285 e. The number of carbonyl (C=O) groups excluding carboxylic acids is 1. The van der Waals surface area contributed by atoms with Gasteiger partial charge < -0.3 is 14.4 Å². The predicted octanol–water partition coefficient (Wildman–Crippen LogP) is 3.95. The minimum Gasteiger partial charge on any atom is -0.489 e.